The van der Waals surface area contributed by atoms with Crippen LogP contribution in [0, 0.1) is 0 Å². The minimum absolute atomic E-state index is 0.0600. The maximum atomic E-state index is 8.15. The van der Waals surface area contributed by atoms with Gasteiger partial charge in [-0.05, 0) is 0 Å². The van der Waals surface area contributed by atoms with Crippen LogP contribution in [0.25, 0.3) is 0 Å². The van der Waals surface area contributed by atoms with Crippen molar-refractivity contribution in [1.29, 1.82) is 0 Å². The van der Waals surface area contributed by atoms with Crippen molar-refractivity contribution < 1.29 is 24.6 Å². The quantitative estimate of drug-likeness (QED) is 0.276. The first kappa shape index (κ1) is 17.6. The summed E-state index contributed by atoms with van der Waals surface area (Å²) >= 11 is 0. The topological polar surface area (TPSA) is 80.2 Å². The van der Waals surface area contributed by atoms with E-state index in [-0.39, 0.29) is 26.4 Å². The van der Waals surface area contributed by atoms with E-state index in [9.17, 15) is 0 Å². The fourth-order valence-corrected chi connectivity index (χ4v) is 0.451. The zero-order valence-corrected chi connectivity index (χ0v) is 9.43. The van der Waals surface area contributed by atoms with Gasteiger partial charge in [-0.1, -0.05) is 17.8 Å². The van der Waals surface area contributed by atoms with Crippen LogP contribution in [0.5, 0.6) is 0 Å². The predicted octanol–water partition coefficient (Wildman–Crippen LogP) is -0.201. The van der Waals surface area contributed by atoms with Gasteiger partial charge >= 0.3 is 0 Å². The molecule has 3 N–H and O–H groups in total. The minimum Gasteiger partial charge on any atom is -0.394 e. The summed E-state index contributed by atoms with van der Waals surface area (Å²) in [6.07, 6.45) is 3.42. The smallest absolute Gasteiger partial charge is 0.0940 e. The molecule has 0 unspecified atom stereocenters. The molecule has 0 aliphatic rings. The second kappa shape index (κ2) is 19.8. The average Bonchev–Trinajstić information content (AvgIpc) is 2.31. The molecule has 0 saturated heterocycles. The molecule has 0 heterocycles. The number of aliphatic hydroxyl groups excluding tert-OH is 2. The van der Waals surface area contributed by atoms with Gasteiger partial charge in [0.2, 0.25) is 0 Å². The van der Waals surface area contributed by atoms with Crippen LogP contribution in [-0.4, -0.2) is 49.9 Å². The Kier molecular flexibility index (Phi) is 21.8. The summed E-state index contributed by atoms with van der Waals surface area (Å²) in [7, 11) is 0. The average molecular weight is 235 g/mol. The molecule has 0 atom stereocenters. The molecule has 6 nitrogen and oxygen atoms in total. The third-order valence-electron chi connectivity index (χ3n) is 0.976. The Morgan fingerprint density at radius 3 is 1.69 bits per heavy atom. The van der Waals surface area contributed by atoms with Crippen LogP contribution in [0.2, 0.25) is 0 Å². The van der Waals surface area contributed by atoms with Crippen molar-refractivity contribution in [3.63, 3.8) is 0 Å². The van der Waals surface area contributed by atoms with E-state index >= 15 is 0 Å². The molecular formula is C10H21NO5. The van der Waals surface area contributed by atoms with Crippen LogP contribution in [0.3, 0.4) is 0 Å². The first-order chi connectivity index (χ1) is 7.83. The predicted molar refractivity (Wildman–Crippen MR) is 60.4 cm³/mol. The Labute approximate surface area is 96.0 Å². The highest BCUT2D eigenvalue weighted by atomic mass is 16.9. The number of hydrogen-bond acceptors (Lipinski definition) is 6. The molecule has 96 valence electrons. The van der Waals surface area contributed by atoms with E-state index in [2.05, 4.69) is 28.5 Å². The number of rotatable bonds is 10. The molecule has 16 heavy (non-hydrogen) atoms. The zero-order chi connectivity index (χ0) is 12.5. The van der Waals surface area contributed by atoms with E-state index in [0.29, 0.717) is 13.2 Å². The van der Waals surface area contributed by atoms with Gasteiger partial charge in [0, 0.05) is 0 Å². The number of ether oxygens (including phenoxy) is 1. The van der Waals surface area contributed by atoms with Gasteiger partial charge in [-0.3, -0.25) is 9.68 Å². The van der Waals surface area contributed by atoms with E-state index < -0.39 is 0 Å². The molecular weight excluding hydrogens is 214 g/mol. The number of nitrogens with one attached hydrogen (secondary N) is 1. The molecule has 0 aliphatic heterocycles. The Bertz CT molecular complexity index is 129. The van der Waals surface area contributed by atoms with Crippen molar-refractivity contribution in [2.45, 2.75) is 0 Å². The lowest BCUT2D eigenvalue weighted by Crippen LogP contribution is -2.19. The summed E-state index contributed by atoms with van der Waals surface area (Å²) in [6.45, 7) is 8.40. The van der Waals surface area contributed by atoms with Crippen molar-refractivity contribution in [3.8, 4) is 0 Å². The lowest BCUT2D eigenvalue weighted by atomic mass is 10.6. The normalized spacial score (nSPS) is 9.12. The molecule has 0 aromatic carbocycles. The first-order valence-corrected chi connectivity index (χ1v) is 4.83. The van der Waals surface area contributed by atoms with Gasteiger partial charge < -0.3 is 14.9 Å². The van der Waals surface area contributed by atoms with Gasteiger partial charge in [0.05, 0.1) is 39.6 Å². The van der Waals surface area contributed by atoms with Gasteiger partial charge in [-0.15, -0.1) is 13.2 Å². The van der Waals surface area contributed by atoms with Crippen LogP contribution in [0.4, 0.5) is 0 Å². The van der Waals surface area contributed by atoms with Crippen LogP contribution < -0.4 is 5.64 Å². The molecule has 0 rings (SSSR count). The van der Waals surface area contributed by atoms with Crippen molar-refractivity contribution in [2.75, 3.05) is 39.6 Å². The van der Waals surface area contributed by atoms with Crippen molar-refractivity contribution in [1.82, 2.24) is 5.64 Å². The summed E-state index contributed by atoms with van der Waals surface area (Å²) in [5.74, 6) is 0. The molecule has 6 heteroatoms. The van der Waals surface area contributed by atoms with Gasteiger partial charge in [0.25, 0.3) is 0 Å². The van der Waals surface area contributed by atoms with Gasteiger partial charge in [-0.25, -0.2) is 0 Å². The largest absolute Gasteiger partial charge is 0.394 e. The van der Waals surface area contributed by atoms with Crippen molar-refractivity contribution >= 4 is 0 Å². The fraction of sp³-hybridized carbons (Fsp3) is 0.600. The maximum Gasteiger partial charge on any atom is 0.0940 e. The molecule has 0 saturated carbocycles. The highest BCUT2D eigenvalue weighted by Gasteiger charge is 1.83. The fourth-order valence-electron chi connectivity index (χ4n) is 0.451. The SMILES string of the molecule is C=CCOCC=C.OCCONOCCO. The molecule has 0 aliphatic carbocycles. The van der Waals surface area contributed by atoms with E-state index in [4.69, 9.17) is 14.9 Å². The van der Waals surface area contributed by atoms with Crippen molar-refractivity contribution in [2.24, 2.45) is 0 Å². The van der Waals surface area contributed by atoms with Crippen LogP contribution in [-0.2, 0) is 14.4 Å². The van der Waals surface area contributed by atoms with Gasteiger partial charge in [0.1, 0.15) is 0 Å². The summed E-state index contributed by atoms with van der Waals surface area (Å²) < 4.78 is 4.90. The summed E-state index contributed by atoms with van der Waals surface area (Å²) in [6, 6.07) is 0. The molecule has 0 bridgehead atoms. The standard InChI is InChI=1S/C6H10O.C4H11NO4/c1-3-5-7-6-4-2;6-1-3-8-5-9-4-2-7/h3-4H,1-2,5-6H2;5-7H,1-4H2. The second-order valence-electron chi connectivity index (χ2n) is 2.34. The van der Waals surface area contributed by atoms with E-state index in [0.717, 1.165) is 0 Å². The third-order valence-corrected chi connectivity index (χ3v) is 0.976. The summed E-state index contributed by atoms with van der Waals surface area (Å²) in [4.78, 5) is 8.90. The number of hydrogen-bond donors (Lipinski definition) is 3. The summed E-state index contributed by atoms with van der Waals surface area (Å²) in [5.41, 5.74) is 2.07. The Morgan fingerprint density at radius 2 is 1.38 bits per heavy atom. The van der Waals surface area contributed by atoms with E-state index in [1.165, 1.54) is 0 Å². The highest BCUT2D eigenvalue weighted by Crippen LogP contribution is 1.72. The van der Waals surface area contributed by atoms with Crippen LogP contribution in [0.15, 0.2) is 25.3 Å². The summed E-state index contributed by atoms with van der Waals surface area (Å²) in [5, 5.41) is 16.3. The van der Waals surface area contributed by atoms with Gasteiger partial charge in [0.15, 0.2) is 0 Å². The lowest BCUT2D eigenvalue weighted by Gasteiger charge is -2.01. The monoisotopic (exact) mass is 235 g/mol. The maximum absolute atomic E-state index is 8.15. The lowest BCUT2D eigenvalue weighted by molar-refractivity contribution is -0.178. The molecule has 0 aromatic rings. The molecule has 0 fully saturated rings. The van der Waals surface area contributed by atoms with E-state index in [1.807, 2.05) is 0 Å². The Balaban J connectivity index is 0. The van der Waals surface area contributed by atoms with Crippen LogP contribution in [0.1, 0.15) is 0 Å². The van der Waals surface area contributed by atoms with Crippen molar-refractivity contribution in [3.05, 3.63) is 25.3 Å². The molecule has 0 radical (unpaired) electrons. The Hall–Kier alpha value is -0.760. The third kappa shape index (κ3) is 23.2. The molecule has 0 amide bonds. The van der Waals surface area contributed by atoms with E-state index in [1.54, 1.807) is 12.2 Å². The molecule has 0 spiro atoms. The molecule has 0 aromatic heterocycles. The van der Waals surface area contributed by atoms with Gasteiger partial charge in [-0.2, -0.15) is 0 Å². The minimum atomic E-state index is -0.0600. The Morgan fingerprint density at radius 1 is 0.938 bits per heavy atom. The van der Waals surface area contributed by atoms with Crippen LogP contribution >= 0.6 is 0 Å². The zero-order valence-electron chi connectivity index (χ0n) is 9.43. The second-order valence-corrected chi connectivity index (χ2v) is 2.34. The number of aliphatic hydroxyl groups is 2. The first-order valence-electron chi connectivity index (χ1n) is 4.83. The highest BCUT2D eigenvalue weighted by molar-refractivity contribution is 4.68.